The third-order valence-corrected chi connectivity index (χ3v) is 13.6. The minimum absolute atomic E-state index is 0.0159. The molecule has 48 heavy (non-hydrogen) atoms. The molecular formula is C38H45N3O6Si. The summed E-state index contributed by atoms with van der Waals surface area (Å²) in [6.45, 7) is 6.86. The van der Waals surface area contributed by atoms with Crippen molar-refractivity contribution in [1.82, 2.24) is 4.90 Å². The van der Waals surface area contributed by atoms with Crippen molar-refractivity contribution < 1.29 is 29.0 Å². The van der Waals surface area contributed by atoms with Crippen LogP contribution in [0.3, 0.4) is 0 Å². The summed E-state index contributed by atoms with van der Waals surface area (Å²) in [6.07, 6.45) is 2.09. The van der Waals surface area contributed by atoms with E-state index in [0.29, 0.717) is 38.0 Å². The average Bonchev–Trinajstić information content (AvgIpc) is 3.50. The van der Waals surface area contributed by atoms with Crippen LogP contribution in [0, 0.1) is 5.92 Å². The van der Waals surface area contributed by atoms with Crippen LogP contribution in [0.1, 0.15) is 54.9 Å². The Kier molecular flexibility index (Phi) is 8.56. The van der Waals surface area contributed by atoms with Gasteiger partial charge in [0.05, 0.1) is 37.4 Å². The fourth-order valence-corrected chi connectivity index (χ4v) is 11.3. The van der Waals surface area contributed by atoms with Gasteiger partial charge in [0.2, 0.25) is 11.8 Å². The first-order valence-electron chi connectivity index (χ1n) is 17.2. The number of amides is 3. The molecule has 9 nitrogen and oxygen atoms in total. The summed E-state index contributed by atoms with van der Waals surface area (Å²) < 4.78 is 7.01. The van der Waals surface area contributed by atoms with E-state index in [1.54, 1.807) is 14.7 Å². The fourth-order valence-electron chi connectivity index (χ4n) is 8.77. The van der Waals surface area contributed by atoms with E-state index < -0.39 is 31.5 Å². The first kappa shape index (κ1) is 32.7. The van der Waals surface area contributed by atoms with E-state index >= 15 is 0 Å². The van der Waals surface area contributed by atoms with E-state index in [2.05, 4.69) is 0 Å². The number of piperidine rings is 1. The Hall–Kier alpha value is -3.83. The van der Waals surface area contributed by atoms with E-state index in [1.807, 2.05) is 92.8 Å². The quantitative estimate of drug-likeness (QED) is 0.348. The molecule has 0 unspecified atom stereocenters. The molecule has 5 atom stereocenters. The zero-order valence-corrected chi connectivity index (χ0v) is 29.0. The number of aliphatic hydroxyl groups excluding tert-OH is 1. The second-order valence-corrected chi connectivity index (χ2v) is 18.4. The summed E-state index contributed by atoms with van der Waals surface area (Å²) >= 11 is 0. The molecule has 2 fully saturated rings. The topological polar surface area (TPSA) is 111 Å². The normalized spacial score (nSPS) is 27.1. The van der Waals surface area contributed by atoms with Crippen LogP contribution in [0.15, 0.2) is 72.8 Å². The highest BCUT2D eigenvalue weighted by Gasteiger charge is 2.66. The molecule has 1 spiro atoms. The van der Waals surface area contributed by atoms with Crippen LogP contribution in [0.5, 0.6) is 0 Å². The van der Waals surface area contributed by atoms with E-state index in [-0.39, 0.29) is 36.8 Å². The minimum Gasteiger partial charge on any atom is -0.432 e. The average molecular weight is 668 g/mol. The number of hydrogen-bond acceptors (Lipinski definition) is 6. The number of nitrogens with zero attached hydrogens (tertiary/aromatic N) is 3. The Bertz CT molecular complexity index is 1730. The number of anilines is 2. The van der Waals surface area contributed by atoms with Gasteiger partial charge in [0.25, 0.3) is 5.91 Å². The molecule has 252 valence electrons. The predicted octanol–water partition coefficient (Wildman–Crippen LogP) is 4.88. The second kappa shape index (κ2) is 12.6. The monoisotopic (exact) mass is 667 g/mol. The van der Waals surface area contributed by atoms with Crippen LogP contribution in [0.2, 0.25) is 18.6 Å². The van der Waals surface area contributed by atoms with Crippen molar-refractivity contribution >= 4 is 37.4 Å². The van der Waals surface area contributed by atoms with Crippen molar-refractivity contribution in [3.63, 3.8) is 0 Å². The van der Waals surface area contributed by atoms with Gasteiger partial charge in [-0.05, 0) is 67.2 Å². The summed E-state index contributed by atoms with van der Waals surface area (Å²) in [6, 6.07) is 23.2. The fraction of sp³-hybridized carbons (Fsp3) is 0.447. The van der Waals surface area contributed by atoms with Crippen molar-refractivity contribution in [2.45, 2.75) is 88.5 Å². The van der Waals surface area contributed by atoms with Gasteiger partial charge in [-0.3, -0.25) is 14.4 Å². The zero-order chi connectivity index (χ0) is 33.8. The van der Waals surface area contributed by atoms with E-state index in [0.717, 1.165) is 40.9 Å². The molecule has 2 saturated heterocycles. The number of hydrogen-bond donors (Lipinski definition) is 2. The molecule has 0 saturated carbocycles. The van der Waals surface area contributed by atoms with Gasteiger partial charge in [0.1, 0.15) is 0 Å². The number of benzene rings is 3. The maximum atomic E-state index is 14.9. The van der Waals surface area contributed by atoms with Crippen LogP contribution in [-0.2, 0) is 44.2 Å². The van der Waals surface area contributed by atoms with Crippen molar-refractivity contribution in [1.29, 1.82) is 0 Å². The molecule has 3 amide bonds. The highest BCUT2D eigenvalue weighted by atomic mass is 28.4. The summed E-state index contributed by atoms with van der Waals surface area (Å²) in [5.41, 5.74) is 3.42. The van der Waals surface area contributed by atoms with Gasteiger partial charge in [0.15, 0.2) is 13.9 Å². The second-order valence-electron chi connectivity index (χ2n) is 14.5. The lowest BCUT2D eigenvalue weighted by Gasteiger charge is -2.37. The molecule has 4 aliphatic rings. The maximum absolute atomic E-state index is 14.9. The van der Waals surface area contributed by atoms with E-state index in [1.165, 1.54) is 0 Å². The lowest BCUT2D eigenvalue weighted by atomic mass is 9.82. The van der Waals surface area contributed by atoms with Crippen LogP contribution >= 0.6 is 0 Å². The number of carbonyl (C=O) groups is 3. The molecule has 0 aromatic heterocycles. The van der Waals surface area contributed by atoms with Gasteiger partial charge < -0.3 is 29.3 Å². The van der Waals surface area contributed by atoms with Crippen molar-refractivity contribution in [3.8, 4) is 0 Å². The Morgan fingerprint density at radius 3 is 2.44 bits per heavy atom. The third kappa shape index (κ3) is 5.48. The molecule has 4 heterocycles. The number of aliphatic hydroxyl groups is 1. The standard InChI is InChI=1S/C38H45N3O6Si/c1-25-36(48(2,3)46)33(21-35(44)40-23-28-14-8-7-13-27(28)19-30(40)24-42)47-38(25)31-20-29(39-18-10-9-15-34(39)43)16-17-32(31)41(37(38)45)22-26-11-5-4-6-12-26/h4-8,11-14,16-17,20,25,30,33,36,42,46H,9-10,15,18-19,21-24H2,1-3H3/t25-,30+,33+,36-,38+/m1/s1. The number of carbonyl (C=O) groups excluding carboxylic acids is 3. The minimum atomic E-state index is -3.03. The van der Waals surface area contributed by atoms with Gasteiger partial charge in [-0.25, -0.2) is 0 Å². The smallest absolute Gasteiger partial charge is 0.264 e. The Morgan fingerprint density at radius 2 is 1.73 bits per heavy atom. The summed E-state index contributed by atoms with van der Waals surface area (Å²) in [7, 11) is -3.03. The first-order valence-corrected chi connectivity index (χ1v) is 20.2. The molecule has 7 rings (SSSR count). The molecule has 10 heteroatoms. The molecular weight excluding hydrogens is 623 g/mol. The van der Waals surface area contributed by atoms with Gasteiger partial charge in [-0.2, -0.15) is 0 Å². The lowest BCUT2D eigenvalue weighted by molar-refractivity contribution is -0.151. The van der Waals surface area contributed by atoms with Crippen LogP contribution in [-0.4, -0.2) is 66.1 Å². The number of ether oxygens (including phenoxy) is 1. The van der Waals surface area contributed by atoms with Crippen molar-refractivity contribution in [2.75, 3.05) is 23.0 Å². The SMILES string of the molecule is C[C@@H]1[C@@H]([Si](C)(C)O)[C@H](CC(=O)N2Cc3ccccc3C[C@H]2CO)O[C@@]12C(=O)N(Cc1ccccc1)c1ccc(N3CCCCC3=O)cc12. The highest BCUT2D eigenvalue weighted by molar-refractivity contribution is 6.71. The van der Waals surface area contributed by atoms with Gasteiger partial charge in [0, 0.05) is 42.2 Å². The van der Waals surface area contributed by atoms with Gasteiger partial charge in [-0.15, -0.1) is 0 Å². The molecule has 4 aliphatic heterocycles. The Morgan fingerprint density at radius 1 is 1.00 bits per heavy atom. The summed E-state index contributed by atoms with van der Waals surface area (Å²) in [5.74, 6) is -0.764. The Labute approximate surface area is 283 Å². The zero-order valence-electron chi connectivity index (χ0n) is 28.0. The van der Waals surface area contributed by atoms with Gasteiger partial charge in [-0.1, -0.05) is 61.5 Å². The summed E-state index contributed by atoms with van der Waals surface area (Å²) in [5, 5.41) is 10.3. The van der Waals surface area contributed by atoms with Crippen LogP contribution in [0.25, 0.3) is 0 Å². The summed E-state index contributed by atoms with van der Waals surface area (Å²) in [4.78, 5) is 59.2. The maximum Gasteiger partial charge on any atom is 0.264 e. The molecule has 0 bridgehead atoms. The lowest BCUT2D eigenvalue weighted by Crippen LogP contribution is -2.48. The van der Waals surface area contributed by atoms with Crippen molar-refractivity contribution in [3.05, 3.63) is 95.1 Å². The molecule has 0 aliphatic carbocycles. The van der Waals surface area contributed by atoms with E-state index in [4.69, 9.17) is 4.74 Å². The molecule has 0 radical (unpaired) electrons. The number of fused-ring (bicyclic) bond motifs is 3. The molecule has 3 aromatic rings. The van der Waals surface area contributed by atoms with Crippen molar-refractivity contribution in [2.24, 2.45) is 5.92 Å². The first-order chi connectivity index (χ1) is 23.0. The molecule has 2 N–H and O–H groups in total. The van der Waals surface area contributed by atoms with Crippen LogP contribution < -0.4 is 9.80 Å². The van der Waals surface area contributed by atoms with Crippen LogP contribution in [0.4, 0.5) is 11.4 Å². The third-order valence-electron chi connectivity index (χ3n) is 11.0. The van der Waals surface area contributed by atoms with E-state index in [9.17, 15) is 24.3 Å². The Balaban J connectivity index is 1.28. The molecule has 3 aromatic carbocycles. The highest BCUT2D eigenvalue weighted by Crippen LogP contribution is 2.60. The predicted molar refractivity (Wildman–Crippen MR) is 186 cm³/mol. The number of rotatable bonds is 7. The van der Waals surface area contributed by atoms with Gasteiger partial charge >= 0.3 is 0 Å². The largest absolute Gasteiger partial charge is 0.432 e.